The number of amides is 2. The SMILES string of the molecule is Nc1c(S(=O)(=O)O)cc2c3c(cccc13)C(=O)N(CC(=O)[O-])C2=O.[K+]. The van der Waals surface area contributed by atoms with Crippen molar-refractivity contribution >= 4 is 44.4 Å². The Morgan fingerprint density at radius 3 is 2.36 bits per heavy atom. The van der Waals surface area contributed by atoms with Gasteiger partial charge in [0.1, 0.15) is 4.90 Å². The Labute approximate surface area is 183 Å². The van der Waals surface area contributed by atoms with Gasteiger partial charge in [-0.15, -0.1) is 0 Å². The van der Waals surface area contributed by atoms with Crippen LogP contribution in [0, 0.1) is 0 Å². The molecule has 0 spiro atoms. The molecule has 2 aromatic rings. The zero-order valence-electron chi connectivity index (χ0n) is 12.8. The van der Waals surface area contributed by atoms with Crippen molar-refractivity contribution in [1.82, 2.24) is 4.90 Å². The number of aliphatic carboxylic acids is 1. The van der Waals surface area contributed by atoms with E-state index in [-0.39, 0.29) is 79.0 Å². The maximum absolute atomic E-state index is 12.4. The van der Waals surface area contributed by atoms with E-state index in [0.717, 1.165) is 6.07 Å². The quantitative estimate of drug-likeness (QED) is 0.233. The molecule has 1 heterocycles. The molecular weight excluding hydrogens is 379 g/mol. The Bertz CT molecular complexity index is 1050. The van der Waals surface area contributed by atoms with Crippen LogP contribution in [0.3, 0.4) is 0 Å². The van der Waals surface area contributed by atoms with E-state index in [1.54, 1.807) is 0 Å². The van der Waals surface area contributed by atoms with E-state index in [1.165, 1.54) is 18.2 Å². The molecule has 0 bridgehead atoms. The molecule has 0 unspecified atom stereocenters. The second-order valence-electron chi connectivity index (χ2n) is 5.11. The average molecular weight is 388 g/mol. The molecule has 2 aromatic carbocycles. The van der Waals surface area contributed by atoms with Crippen molar-refractivity contribution in [2.75, 3.05) is 12.3 Å². The van der Waals surface area contributed by atoms with Gasteiger partial charge in [0, 0.05) is 16.3 Å². The molecule has 1 aliphatic heterocycles. The van der Waals surface area contributed by atoms with Gasteiger partial charge in [0.25, 0.3) is 21.9 Å². The summed E-state index contributed by atoms with van der Waals surface area (Å²) in [6, 6.07) is 4.97. The van der Waals surface area contributed by atoms with Gasteiger partial charge in [0.15, 0.2) is 0 Å². The van der Waals surface area contributed by atoms with Gasteiger partial charge >= 0.3 is 51.4 Å². The first-order valence-corrected chi connectivity index (χ1v) is 7.95. The Balaban J connectivity index is 0.00000225. The van der Waals surface area contributed by atoms with Crippen molar-refractivity contribution in [3.8, 4) is 0 Å². The minimum atomic E-state index is -4.73. The van der Waals surface area contributed by atoms with Crippen LogP contribution in [0.25, 0.3) is 10.8 Å². The topological polar surface area (TPSA) is 158 Å². The molecule has 3 N–H and O–H groups in total. The molecule has 25 heavy (non-hydrogen) atoms. The van der Waals surface area contributed by atoms with Crippen LogP contribution < -0.4 is 62.2 Å². The van der Waals surface area contributed by atoms with Gasteiger partial charge in [-0.3, -0.25) is 19.0 Å². The van der Waals surface area contributed by atoms with Gasteiger partial charge in [0.2, 0.25) is 0 Å². The molecule has 3 rings (SSSR count). The number of carboxylic acid groups (broad SMARTS) is 1. The molecule has 2 amide bonds. The summed E-state index contributed by atoms with van der Waals surface area (Å²) in [6.45, 7) is -0.987. The Morgan fingerprint density at radius 2 is 1.80 bits per heavy atom. The summed E-state index contributed by atoms with van der Waals surface area (Å²) in [5, 5.41) is 11.0. The van der Waals surface area contributed by atoms with Crippen LogP contribution in [0.1, 0.15) is 20.7 Å². The first-order chi connectivity index (χ1) is 11.1. The fraction of sp³-hybridized carbons (Fsp3) is 0.0714. The van der Waals surface area contributed by atoms with Crippen LogP contribution in [0.4, 0.5) is 5.69 Å². The van der Waals surface area contributed by atoms with Gasteiger partial charge in [0.05, 0.1) is 23.8 Å². The fourth-order valence-corrected chi connectivity index (χ4v) is 3.35. The van der Waals surface area contributed by atoms with Crippen molar-refractivity contribution in [3.05, 3.63) is 35.4 Å². The van der Waals surface area contributed by atoms with E-state index in [9.17, 15) is 32.5 Å². The van der Waals surface area contributed by atoms with Crippen LogP contribution in [-0.4, -0.2) is 42.2 Å². The summed E-state index contributed by atoms with van der Waals surface area (Å²) in [6.07, 6.45) is 0. The van der Waals surface area contributed by atoms with Crippen LogP contribution in [-0.2, 0) is 14.9 Å². The predicted octanol–water partition coefficient (Wildman–Crippen LogP) is -3.98. The second-order valence-corrected chi connectivity index (χ2v) is 6.50. The number of anilines is 1. The molecule has 0 radical (unpaired) electrons. The van der Waals surface area contributed by atoms with Crippen molar-refractivity contribution in [2.45, 2.75) is 4.90 Å². The number of nitrogens with two attached hydrogens (primary N) is 1. The van der Waals surface area contributed by atoms with Gasteiger partial charge in [-0.1, -0.05) is 12.1 Å². The van der Waals surface area contributed by atoms with Crippen molar-refractivity contribution < 1.29 is 83.8 Å². The van der Waals surface area contributed by atoms with E-state index < -0.39 is 39.3 Å². The number of carboxylic acids is 1. The van der Waals surface area contributed by atoms with Gasteiger partial charge in [-0.25, -0.2) is 0 Å². The van der Waals surface area contributed by atoms with Crippen LogP contribution in [0.5, 0.6) is 0 Å². The third-order valence-corrected chi connectivity index (χ3v) is 4.57. The van der Waals surface area contributed by atoms with E-state index >= 15 is 0 Å². The van der Waals surface area contributed by atoms with Crippen LogP contribution in [0.2, 0.25) is 0 Å². The molecule has 0 atom stereocenters. The zero-order valence-corrected chi connectivity index (χ0v) is 16.8. The first kappa shape index (κ1) is 20.0. The minimum absolute atomic E-state index is 0. The second kappa shape index (κ2) is 6.76. The number of nitrogen functional groups attached to an aromatic ring is 1. The molecule has 0 saturated carbocycles. The smallest absolute Gasteiger partial charge is 0.548 e. The molecular formula is C14H9KN2O7S. The third kappa shape index (κ3) is 3.24. The molecule has 0 saturated heterocycles. The summed E-state index contributed by atoms with van der Waals surface area (Å²) >= 11 is 0. The minimum Gasteiger partial charge on any atom is -0.548 e. The Hall–Kier alpha value is -1.34. The summed E-state index contributed by atoms with van der Waals surface area (Å²) in [7, 11) is -4.73. The number of rotatable bonds is 3. The maximum atomic E-state index is 12.4. The molecule has 9 nitrogen and oxygen atoms in total. The maximum Gasteiger partial charge on any atom is 1.00 e. The number of carbonyl (C=O) groups excluding carboxylic acids is 3. The van der Waals surface area contributed by atoms with E-state index in [1.807, 2.05) is 0 Å². The fourth-order valence-electron chi connectivity index (χ4n) is 2.70. The predicted molar refractivity (Wildman–Crippen MR) is 78.5 cm³/mol. The first-order valence-electron chi connectivity index (χ1n) is 6.51. The molecule has 0 aromatic heterocycles. The molecule has 0 fully saturated rings. The van der Waals surface area contributed by atoms with Gasteiger partial charge < -0.3 is 15.6 Å². The standard InChI is InChI=1S/C14H10N2O7S.K/c15-12-6-2-1-3-7-11(6)8(4-9(12)24(21,22)23)14(20)16(13(7)19)5-10(17)18;/h1-4H,5,15H2,(H,17,18)(H,21,22,23);/q;+1/p-1. The molecule has 0 aliphatic carbocycles. The number of hydrogen-bond donors (Lipinski definition) is 2. The largest absolute Gasteiger partial charge is 1.00 e. The number of hydrogen-bond acceptors (Lipinski definition) is 7. The Morgan fingerprint density at radius 1 is 1.20 bits per heavy atom. The molecule has 124 valence electrons. The number of imide groups is 1. The summed E-state index contributed by atoms with van der Waals surface area (Å²) < 4.78 is 32.2. The summed E-state index contributed by atoms with van der Waals surface area (Å²) in [5.41, 5.74) is 5.19. The third-order valence-electron chi connectivity index (χ3n) is 3.68. The summed E-state index contributed by atoms with van der Waals surface area (Å²) in [5.74, 6) is -3.53. The monoisotopic (exact) mass is 388 g/mol. The van der Waals surface area contributed by atoms with Crippen molar-refractivity contribution in [1.29, 1.82) is 0 Å². The van der Waals surface area contributed by atoms with E-state index in [4.69, 9.17) is 5.73 Å². The van der Waals surface area contributed by atoms with Crippen molar-refractivity contribution in [2.24, 2.45) is 0 Å². The molecule has 11 heteroatoms. The normalized spacial score (nSPS) is 13.7. The van der Waals surface area contributed by atoms with Crippen molar-refractivity contribution in [3.63, 3.8) is 0 Å². The summed E-state index contributed by atoms with van der Waals surface area (Å²) in [4.78, 5) is 35.3. The van der Waals surface area contributed by atoms with E-state index in [0.29, 0.717) is 4.90 Å². The number of carbonyl (C=O) groups is 3. The van der Waals surface area contributed by atoms with E-state index in [2.05, 4.69) is 0 Å². The average Bonchev–Trinajstić information content (AvgIpc) is 2.49. The zero-order chi connectivity index (χ0) is 17.8. The number of nitrogens with zero attached hydrogens (tertiary/aromatic N) is 1. The number of benzene rings is 2. The van der Waals surface area contributed by atoms with Crippen LogP contribution in [0.15, 0.2) is 29.2 Å². The van der Waals surface area contributed by atoms with Crippen LogP contribution >= 0.6 is 0 Å². The van der Waals surface area contributed by atoms with Gasteiger partial charge in [-0.2, -0.15) is 8.42 Å². The van der Waals surface area contributed by atoms with Gasteiger partial charge in [-0.05, 0) is 12.1 Å². The molecule has 1 aliphatic rings. The Kier molecular flexibility index (Phi) is 5.40.